The lowest BCUT2D eigenvalue weighted by Crippen LogP contribution is -2.37. The van der Waals surface area contributed by atoms with Crippen molar-refractivity contribution in [1.82, 2.24) is 4.90 Å². The molecular formula is C24H20F2N2O3. The van der Waals surface area contributed by atoms with Crippen molar-refractivity contribution >= 4 is 17.5 Å². The van der Waals surface area contributed by atoms with Crippen molar-refractivity contribution in [1.29, 1.82) is 0 Å². The highest BCUT2D eigenvalue weighted by Gasteiger charge is 2.27. The molecule has 7 heteroatoms. The summed E-state index contributed by atoms with van der Waals surface area (Å²) in [5.41, 5.74) is 2.14. The molecule has 0 aromatic heterocycles. The first-order chi connectivity index (χ1) is 15.0. The van der Waals surface area contributed by atoms with E-state index in [1.54, 1.807) is 41.3 Å². The van der Waals surface area contributed by atoms with Gasteiger partial charge in [-0.1, -0.05) is 24.3 Å². The van der Waals surface area contributed by atoms with Gasteiger partial charge in [-0.25, -0.2) is 8.78 Å². The van der Waals surface area contributed by atoms with Gasteiger partial charge in [0.25, 0.3) is 11.8 Å². The van der Waals surface area contributed by atoms with E-state index < -0.39 is 5.91 Å². The molecule has 158 valence electrons. The summed E-state index contributed by atoms with van der Waals surface area (Å²) in [5, 5.41) is 2.63. The van der Waals surface area contributed by atoms with E-state index in [1.807, 2.05) is 0 Å². The number of rotatable bonds is 6. The molecule has 0 fully saturated rings. The molecule has 0 radical (unpaired) electrons. The van der Waals surface area contributed by atoms with Crippen molar-refractivity contribution < 1.29 is 23.1 Å². The SMILES string of the molecule is O=C(COc1cccc2c1CCN(Cc1ccccc1F)C2=O)Nc1ccc(F)cc1. The summed E-state index contributed by atoms with van der Waals surface area (Å²) >= 11 is 0. The van der Waals surface area contributed by atoms with E-state index in [-0.39, 0.29) is 30.7 Å². The van der Waals surface area contributed by atoms with Crippen LogP contribution in [0.25, 0.3) is 0 Å². The quantitative estimate of drug-likeness (QED) is 0.648. The van der Waals surface area contributed by atoms with E-state index in [0.717, 1.165) is 5.56 Å². The highest BCUT2D eigenvalue weighted by Crippen LogP contribution is 2.29. The van der Waals surface area contributed by atoms with Crippen LogP contribution in [0, 0.1) is 11.6 Å². The maximum absolute atomic E-state index is 14.0. The molecule has 4 rings (SSSR count). The number of benzene rings is 3. The Morgan fingerprint density at radius 2 is 1.77 bits per heavy atom. The maximum atomic E-state index is 14.0. The van der Waals surface area contributed by atoms with Gasteiger partial charge in [-0.15, -0.1) is 0 Å². The predicted octanol–water partition coefficient (Wildman–Crippen LogP) is 4.18. The smallest absolute Gasteiger partial charge is 0.262 e. The molecule has 0 bridgehead atoms. The van der Waals surface area contributed by atoms with Crippen LogP contribution < -0.4 is 10.1 Å². The van der Waals surface area contributed by atoms with E-state index in [1.165, 1.54) is 30.3 Å². The molecule has 0 aliphatic carbocycles. The van der Waals surface area contributed by atoms with Gasteiger partial charge < -0.3 is 15.0 Å². The Bertz CT molecular complexity index is 1120. The number of hydrogen-bond acceptors (Lipinski definition) is 3. The number of hydrogen-bond donors (Lipinski definition) is 1. The van der Waals surface area contributed by atoms with Crippen LogP contribution in [0.2, 0.25) is 0 Å². The lowest BCUT2D eigenvalue weighted by molar-refractivity contribution is -0.118. The summed E-state index contributed by atoms with van der Waals surface area (Å²) in [7, 11) is 0. The number of fused-ring (bicyclic) bond motifs is 1. The second-order valence-corrected chi connectivity index (χ2v) is 7.19. The Balaban J connectivity index is 1.42. The third kappa shape index (κ3) is 4.71. The third-order valence-corrected chi connectivity index (χ3v) is 5.09. The fourth-order valence-electron chi connectivity index (χ4n) is 3.53. The minimum Gasteiger partial charge on any atom is -0.483 e. The first-order valence-electron chi connectivity index (χ1n) is 9.84. The average Bonchev–Trinajstić information content (AvgIpc) is 2.77. The number of nitrogens with one attached hydrogen (secondary N) is 1. The molecule has 1 heterocycles. The van der Waals surface area contributed by atoms with Gasteiger partial charge in [-0.3, -0.25) is 9.59 Å². The number of nitrogens with zero attached hydrogens (tertiary/aromatic N) is 1. The maximum Gasteiger partial charge on any atom is 0.262 e. The van der Waals surface area contributed by atoms with E-state index >= 15 is 0 Å². The molecule has 1 aliphatic heterocycles. The molecule has 0 atom stereocenters. The van der Waals surface area contributed by atoms with Gasteiger partial charge in [-0.05, 0) is 48.9 Å². The van der Waals surface area contributed by atoms with Gasteiger partial charge in [0.2, 0.25) is 0 Å². The second-order valence-electron chi connectivity index (χ2n) is 7.19. The van der Waals surface area contributed by atoms with Crippen LogP contribution >= 0.6 is 0 Å². The van der Waals surface area contributed by atoms with Gasteiger partial charge in [0.05, 0.1) is 0 Å². The van der Waals surface area contributed by atoms with Crippen LogP contribution in [-0.4, -0.2) is 29.9 Å². The zero-order chi connectivity index (χ0) is 21.8. The molecule has 0 spiro atoms. The monoisotopic (exact) mass is 422 g/mol. The normalized spacial score (nSPS) is 13.0. The Kier molecular flexibility index (Phi) is 5.93. The van der Waals surface area contributed by atoms with Crippen molar-refractivity contribution in [2.24, 2.45) is 0 Å². The Hall–Kier alpha value is -3.74. The summed E-state index contributed by atoms with van der Waals surface area (Å²) in [5.74, 6) is -0.867. The van der Waals surface area contributed by atoms with E-state index in [4.69, 9.17) is 4.74 Å². The second kappa shape index (κ2) is 8.95. The molecule has 2 amide bonds. The van der Waals surface area contributed by atoms with Gasteiger partial charge in [0.1, 0.15) is 17.4 Å². The molecule has 3 aromatic rings. The number of amides is 2. The van der Waals surface area contributed by atoms with Crippen molar-refractivity contribution in [2.45, 2.75) is 13.0 Å². The standard InChI is InChI=1S/C24H20F2N2O3/c25-17-8-10-18(11-9-17)27-23(29)15-31-22-7-3-5-20-19(22)12-13-28(24(20)30)14-16-4-1-2-6-21(16)26/h1-11H,12-15H2,(H,27,29). The molecule has 1 aliphatic rings. The lowest BCUT2D eigenvalue weighted by atomic mass is 9.97. The Labute approximate surface area is 178 Å². The number of carbonyl (C=O) groups is 2. The fraction of sp³-hybridized carbons (Fsp3) is 0.167. The van der Waals surface area contributed by atoms with Crippen LogP contribution in [0.15, 0.2) is 66.7 Å². The van der Waals surface area contributed by atoms with Gasteiger partial charge in [0.15, 0.2) is 6.61 Å². The number of carbonyl (C=O) groups excluding carboxylic acids is 2. The minimum absolute atomic E-state index is 0.191. The number of ether oxygens (including phenoxy) is 1. The van der Waals surface area contributed by atoms with Gasteiger partial charge in [0, 0.05) is 35.5 Å². The third-order valence-electron chi connectivity index (χ3n) is 5.09. The minimum atomic E-state index is -0.396. The molecular weight excluding hydrogens is 402 g/mol. The lowest BCUT2D eigenvalue weighted by Gasteiger charge is -2.29. The highest BCUT2D eigenvalue weighted by molar-refractivity contribution is 5.97. The van der Waals surface area contributed by atoms with Crippen molar-refractivity contribution in [3.05, 3.63) is 95.1 Å². The number of halogens is 2. The summed E-state index contributed by atoms with van der Waals surface area (Å²) < 4.78 is 32.6. The van der Waals surface area contributed by atoms with E-state index in [0.29, 0.717) is 35.5 Å². The summed E-state index contributed by atoms with van der Waals surface area (Å²) in [4.78, 5) is 26.7. The van der Waals surface area contributed by atoms with Gasteiger partial charge >= 0.3 is 0 Å². The van der Waals surface area contributed by atoms with Crippen LogP contribution in [0.1, 0.15) is 21.5 Å². The van der Waals surface area contributed by atoms with E-state index in [9.17, 15) is 18.4 Å². The highest BCUT2D eigenvalue weighted by atomic mass is 19.1. The van der Waals surface area contributed by atoms with Gasteiger partial charge in [-0.2, -0.15) is 0 Å². The van der Waals surface area contributed by atoms with Crippen LogP contribution in [-0.2, 0) is 17.8 Å². The summed E-state index contributed by atoms with van der Waals surface area (Å²) in [6, 6.07) is 16.9. The fourth-order valence-corrected chi connectivity index (χ4v) is 3.53. The topological polar surface area (TPSA) is 58.6 Å². The first kappa shape index (κ1) is 20.5. The molecule has 3 aromatic carbocycles. The van der Waals surface area contributed by atoms with Crippen molar-refractivity contribution in [2.75, 3.05) is 18.5 Å². The van der Waals surface area contributed by atoms with Crippen LogP contribution in [0.4, 0.5) is 14.5 Å². The van der Waals surface area contributed by atoms with Crippen molar-refractivity contribution in [3.8, 4) is 5.75 Å². The zero-order valence-corrected chi connectivity index (χ0v) is 16.6. The molecule has 0 unspecified atom stereocenters. The van der Waals surface area contributed by atoms with Crippen molar-refractivity contribution in [3.63, 3.8) is 0 Å². The van der Waals surface area contributed by atoms with E-state index in [2.05, 4.69) is 5.32 Å². The van der Waals surface area contributed by atoms with Crippen LogP contribution in [0.3, 0.4) is 0 Å². The zero-order valence-electron chi connectivity index (χ0n) is 16.6. The summed E-state index contributed by atoms with van der Waals surface area (Å²) in [6.07, 6.45) is 0.533. The number of anilines is 1. The predicted molar refractivity (Wildman–Crippen MR) is 112 cm³/mol. The Morgan fingerprint density at radius 3 is 2.55 bits per heavy atom. The first-order valence-corrected chi connectivity index (χ1v) is 9.84. The van der Waals surface area contributed by atoms with Crippen LogP contribution in [0.5, 0.6) is 5.75 Å². The molecule has 5 nitrogen and oxygen atoms in total. The molecule has 0 saturated heterocycles. The molecule has 1 N–H and O–H groups in total. The summed E-state index contributed by atoms with van der Waals surface area (Å²) in [6.45, 7) is 0.361. The molecule has 31 heavy (non-hydrogen) atoms. The Morgan fingerprint density at radius 1 is 1.00 bits per heavy atom. The largest absolute Gasteiger partial charge is 0.483 e. The molecule has 0 saturated carbocycles. The average molecular weight is 422 g/mol.